The van der Waals surface area contributed by atoms with Crippen LogP contribution in [0.3, 0.4) is 0 Å². The van der Waals surface area contributed by atoms with Gasteiger partial charge in [-0.25, -0.2) is 9.18 Å². The first-order valence-electron chi connectivity index (χ1n) is 10.1. The summed E-state index contributed by atoms with van der Waals surface area (Å²) in [4.78, 5) is 40.2. The van der Waals surface area contributed by atoms with E-state index in [-0.39, 0.29) is 24.2 Å². The third-order valence-electron chi connectivity index (χ3n) is 5.08. The Hall–Kier alpha value is -2.78. The van der Waals surface area contributed by atoms with Gasteiger partial charge in [0, 0.05) is 31.7 Å². The molecule has 1 amide bonds. The summed E-state index contributed by atoms with van der Waals surface area (Å²) >= 11 is 1.20. The summed E-state index contributed by atoms with van der Waals surface area (Å²) in [5, 5.41) is 3.45. The summed E-state index contributed by atoms with van der Waals surface area (Å²) in [6.45, 7) is 7.85. The van der Waals surface area contributed by atoms with Crippen LogP contribution in [0.5, 0.6) is 0 Å². The number of hydrogen-bond acceptors (Lipinski definition) is 7. The van der Waals surface area contributed by atoms with Gasteiger partial charge in [-0.1, -0.05) is 0 Å². The zero-order chi connectivity index (χ0) is 22.5. The summed E-state index contributed by atoms with van der Waals surface area (Å²) in [7, 11) is 0. The summed E-state index contributed by atoms with van der Waals surface area (Å²) < 4.78 is 19.4. The van der Waals surface area contributed by atoms with E-state index in [1.807, 2.05) is 9.80 Å². The van der Waals surface area contributed by atoms with Crippen LogP contribution in [0.2, 0.25) is 0 Å². The number of esters is 1. The third-order valence-corrected chi connectivity index (χ3v) is 6.21. The molecule has 1 aromatic heterocycles. The highest BCUT2D eigenvalue weighted by molar-refractivity contribution is 7.18. The van der Waals surface area contributed by atoms with Crippen LogP contribution >= 0.6 is 11.3 Å². The standard InChI is InChI=1S/C22H26FN3O4S/c1-4-30-22(29)21-14(2)11-20(31-21)24-19(28)13-25-7-9-26(10-8-25)18-6-5-16(15(3)27)12-17(18)23/h5-6,11-12H,4,7-10,13H2,1-3H3,(H,24,28). The number of ether oxygens (including phenoxy) is 1. The quantitative estimate of drug-likeness (QED) is 0.518. The van der Waals surface area contributed by atoms with Gasteiger partial charge in [0.15, 0.2) is 5.78 Å². The molecule has 0 unspecified atom stereocenters. The molecule has 2 heterocycles. The van der Waals surface area contributed by atoms with Crippen molar-refractivity contribution in [2.24, 2.45) is 0 Å². The highest BCUT2D eigenvalue weighted by atomic mass is 32.1. The topological polar surface area (TPSA) is 79.0 Å². The van der Waals surface area contributed by atoms with Crippen LogP contribution in [0.25, 0.3) is 0 Å². The number of nitrogens with zero attached hydrogens (tertiary/aromatic N) is 2. The number of piperazine rings is 1. The summed E-state index contributed by atoms with van der Waals surface area (Å²) in [5.41, 5.74) is 1.59. The number of thiophene rings is 1. The number of carbonyl (C=O) groups excluding carboxylic acids is 3. The largest absolute Gasteiger partial charge is 0.462 e. The maximum Gasteiger partial charge on any atom is 0.348 e. The molecule has 0 spiro atoms. The molecule has 1 N–H and O–H groups in total. The zero-order valence-corrected chi connectivity index (χ0v) is 18.7. The van der Waals surface area contributed by atoms with Crippen LogP contribution in [0.15, 0.2) is 24.3 Å². The van der Waals surface area contributed by atoms with Crippen molar-refractivity contribution in [3.05, 3.63) is 46.1 Å². The molecule has 1 fully saturated rings. The van der Waals surface area contributed by atoms with Crippen molar-refractivity contribution in [3.8, 4) is 0 Å². The number of rotatable bonds is 7. The van der Waals surface area contributed by atoms with Crippen molar-refractivity contribution in [1.29, 1.82) is 0 Å². The molecule has 0 saturated carbocycles. The first kappa shape index (κ1) is 22.9. The van der Waals surface area contributed by atoms with Crippen molar-refractivity contribution in [3.63, 3.8) is 0 Å². The molecular formula is C22H26FN3O4S. The Morgan fingerprint density at radius 3 is 2.48 bits per heavy atom. The smallest absolute Gasteiger partial charge is 0.348 e. The molecular weight excluding hydrogens is 421 g/mol. The van der Waals surface area contributed by atoms with Gasteiger partial charge in [-0.2, -0.15) is 0 Å². The number of halogens is 1. The van der Waals surface area contributed by atoms with Crippen molar-refractivity contribution < 1.29 is 23.5 Å². The Labute approximate surface area is 184 Å². The molecule has 3 rings (SSSR count). The molecule has 0 aliphatic carbocycles. The summed E-state index contributed by atoms with van der Waals surface area (Å²) in [6, 6.07) is 6.30. The van der Waals surface area contributed by atoms with E-state index in [4.69, 9.17) is 4.74 Å². The Morgan fingerprint density at radius 1 is 1.16 bits per heavy atom. The average Bonchev–Trinajstić information content (AvgIpc) is 3.08. The van der Waals surface area contributed by atoms with Crippen LogP contribution < -0.4 is 10.2 Å². The maximum atomic E-state index is 14.4. The van der Waals surface area contributed by atoms with Crippen LogP contribution in [0.1, 0.15) is 39.4 Å². The van der Waals surface area contributed by atoms with E-state index in [2.05, 4.69) is 5.32 Å². The number of ketones is 1. The number of anilines is 2. The van der Waals surface area contributed by atoms with Gasteiger partial charge in [-0.05, 0) is 50.6 Å². The number of aryl methyl sites for hydroxylation is 1. The molecule has 1 aromatic carbocycles. The maximum absolute atomic E-state index is 14.4. The van der Waals surface area contributed by atoms with E-state index in [1.165, 1.54) is 24.3 Å². The van der Waals surface area contributed by atoms with Crippen molar-refractivity contribution in [1.82, 2.24) is 4.90 Å². The molecule has 0 radical (unpaired) electrons. The van der Waals surface area contributed by atoms with Gasteiger partial charge >= 0.3 is 5.97 Å². The Bertz CT molecular complexity index is 983. The van der Waals surface area contributed by atoms with Gasteiger partial charge < -0.3 is 15.0 Å². The fourth-order valence-electron chi connectivity index (χ4n) is 3.45. The third kappa shape index (κ3) is 5.68. The number of benzene rings is 1. The molecule has 31 heavy (non-hydrogen) atoms. The minimum atomic E-state index is -0.413. The normalized spacial score (nSPS) is 14.4. The SMILES string of the molecule is CCOC(=O)c1sc(NC(=O)CN2CCN(c3ccc(C(C)=O)cc3F)CC2)cc1C. The van der Waals surface area contributed by atoms with E-state index >= 15 is 0 Å². The van der Waals surface area contributed by atoms with E-state index in [0.29, 0.717) is 53.9 Å². The van der Waals surface area contributed by atoms with Gasteiger partial charge in [0.1, 0.15) is 10.7 Å². The lowest BCUT2D eigenvalue weighted by molar-refractivity contribution is -0.117. The fraction of sp³-hybridized carbons (Fsp3) is 0.409. The fourth-order valence-corrected chi connectivity index (χ4v) is 4.43. The van der Waals surface area contributed by atoms with Gasteiger partial charge in [0.25, 0.3) is 0 Å². The van der Waals surface area contributed by atoms with E-state index in [9.17, 15) is 18.8 Å². The zero-order valence-electron chi connectivity index (χ0n) is 17.9. The number of hydrogen-bond donors (Lipinski definition) is 1. The minimum Gasteiger partial charge on any atom is -0.462 e. The molecule has 0 atom stereocenters. The van der Waals surface area contributed by atoms with Crippen LogP contribution in [-0.2, 0) is 9.53 Å². The van der Waals surface area contributed by atoms with Crippen molar-refractivity contribution >= 4 is 39.7 Å². The van der Waals surface area contributed by atoms with E-state index in [0.717, 1.165) is 5.56 Å². The highest BCUT2D eigenvalue weighted by Crippen LogP contribution is 2.27. The molecule has 9 heteroatoms. The predicted octanol–water partition coefficient (Wildman–Crippen LogP) is 3.34. The van der Waals surface area contributed by atoms with Crippen molar-refractivity contribution in [2.75, 3.05) is 49.5 Å². The van der Waals surface area contributed by atoms with Gasteiger partial charge in [0.05, 0.1) is 23.8 Å². The molecule has 0 bridgehead atoms. The summed E-state index contributed by atoms with van der Waals surface area (Å²) in [6.07, 6.45) is 0. The lowest BCUT2D eigenvalue weighted by Crippen LogP contribution is -2.48. The molecule has 2 aromatic rings. The van der Waals surface area contributed by atoms with Gasteiger partial charge in [-0.3, -0.25) is 14.5 Å². The average molecular weight is 448 g/mol. The second-order valence-corrected chi connectivity index (χ2v) is 8.43. The first-order valence-corrected chi connectivity index (χ1v) is 10.9. The van der Waals surface area contributed by atoms with E-state index in [1.54, 1.807) is 32.0 Å². The Morgan fingerprint density at radius 2 is 1.87 bits per heavy atom. The number of Topliss-reactive ketones (excluding diaryl/α,β-unsaturated/α-hetero) is 1. The first-order chi connectivity index (χ1) is 14.8. The van der Waals surface area contributed by atoms with Gasteiger partial charge in [0.2, 0.25) is 5.91 Å². The highest BCUT2D eigenvalue weighted by Gasteiger charge is 2.22. The number of carbonyl (C=O) groups is 3. The minimum absolute atomic E-state index is 0.165. The lowest BCUT2D eigenvalue weighted by atomic mass is 10.1. The molecule has 166 valence electrons. The Balaban J connectivity index is 1.52. The Kier molecular flexibility index (Phi) is 7.40. The van der Waals surface area contributed by atoms with Crippen LogP contribution in [0.4, 0.5) is 15.1 Å². The monoisotopic (exact) mass is 447 g/mol. The second kappa shape index (κ2) is 10.0. The lowest BCUT2D eigenvalue weighted by Gasteiger charge is -2.35. The second-order valence-electron chi connectivity index (χ2n) is 7.38. The molecule has 7 nitrogen and oxygen atoms in total. The number of nitrogens with one attached hydrogen (secondary N) is 1. The number of amides is 1. The molecule has 1 aliphatic heterocycles. The predicted molar refractivity (Wildman–Crippen MR) is 119 cm³/mol. The van der Waals surface area contributed by atoms with Crippen LogP contribution in [0, 0.1) is 12.7 Å². The van der Waals surface area contributed by atoms with Crippen LogP contribution in [-0.4, -0.2) is 61.9 Å². The molecule has 1 saturated heterocycles. The van der Waals surface area contributed by atoms with Gasteiger partial charge in [-0.15, -0.1) is 11.3 Å². The molecule has 1 aliphatic rings. The summed E-state index contributed by atoms with van der Waals surface area (Å²) in [5.74, 6) is -1.13. The van der Waals surface area contributed by atoms with E-state index < -0.39 is 5.82 Å². The van der Waals surface area contributed by atoms with Crippen molar-refractivity contribution in [2.45, 2.75) is 20.8 Å².